The Labute approximate surface area is 153 Å². The summed E-state index contributed by atoms with van der Waals surface area (Å²) in [6.45, 7) is 1.59. The van der Waals surface area contributed by atoms with Crippen LogP contribution in [0.15, 0.2) is 55.2 Å². The Morgan fingerprint density at radius 3 is 2.62 bits per heavy atom. The number of aromatic nitrogens is 3. The molecule has 0 spiro atoms. The summed E-state index contributed by atoms with van der Waals surface area (Å²) >= 11 is 0. The molecule has 2 aliphatic rings. The van der Waals surface area contributed by atoms with Crippen LogP contribution in [0.2, 0.25) is 0 Å². The molecule has 2 aliphatic heterocycles. The fourth-order valence-corrected chi connectivity index (χ4v) is 4.99. The first-order valence-corrected chi connectivity index (χ1v) is 9.46. The Kier molecular flexibility index (Phi) is 3.80. The molecule has 26 heavy (non-hydrogen) atoms. The fraction of sp³-hybridized carbons (Fsp3) is 0.429. The van der Waals surface area contributed by atoms with Crippen molar-refractivity contribution in [3.8, 4) is 0 Å². The second kappa shape index (κ2) is 6.18. The lowest BCUT2D eigenvalue weighted by molar-refractivity contribution is -0.0644. The Morgan fingerprint density at radius 1 is 1.04 bits per heavy atom. The second-order valence-electron chi connectivity index (χ2n) is 7.93. The highest BCUT2D eigenvalue weighted by Gasteiger charge is 2.47. The Hall–Kier alpha value is -2.24. The van der Waals surface area contributed by atoms with E-state index in [9.17, 15) is 5.11 Å². The zero-order valence-electron chi connectivity index (χ0n) is 14.8. The second-order valence-corrected chi connectivity index (χ2v) is 7.93. The molecule has 5 nitrogen and oxygen atoms in total. The van der Waals surface area contributed by atoms with Crippen molar-refractivity contribution in [2.75, 3.05) is 0 Å². The topological polar surface area (TPSA) is 54.2 Å². The Bertz CT molecular complexity index is 893. The van der Waals surface area contributed by atoms with Gasteiger partial charge in [0.15, 0.2) is 0 Å². The summed E-state index contributed by atoms with van der Waals surface area (Å²) in [6.07, 6.45) is 13.6. The van der Waals surface area contributed by atoms with Crippen LogP contribution in [0.1, 0.15) is 31.2 Å². The number of piperidine rings is 1. The van der Waals surface area contributed by atoms with E-state index >= 15 is 0 Å². The van der Waals surface area contributed by atoms with E-state index in [-0.39, 0.29) is 0 Å². The van der Waals surface area contributed by atoms with E-state index in [0.29, 0.717) is 18.6 Å². The zero-order chi connectivity index (χ0) is 17.6. The summed E-state index contributed by atoms with van der Waals surface area (Å²) < 4.78 is 2.17. The van der Waals surface area contributed by atoms with Gasteiger partial charge >= 0.3 is 0 Å². The standard InChI is InChI=1S/C21H24N4O/c26-21(15-24-9-6-17-5-8-23-13-20(17)24)10-18-3-4-19(11-21)25(18)14-16-2-1-7-22-12-16/h1-2,5-9,12-13,18-19,26H,3-4,10-11,14-15H2. The first-order valence-electron chi connectivity index (χ1n) is 9.46. The van der Waals surface area contributed by atoms with Gasteiger partial charge in [-0.3, -0.25) is 14.9 Å². The quantitative estimate of drug-likeness (QED) is 0.787. The van der Waals surface area contributed by atoms with Crippen molar-refractivity contribution in [1.29, 1.82) is 0 Å². The van der Waals surface area contributed by atoms with E-state index in [4.69, 9.17) is 0 Å². The van der Waals surface area contributed by atoms with Crippen molar-refractivity contribution < 1.29 is 5.11 Å². The van der Waals surface area contributed by atoms with Crippen LogP contribution in [0.4, 0.5) is 0 Å². The van der Waals surface area contributed by atoms with Crippen LogP contribution in [-0.4, -0.2) is 42.2 Å². The number of fused-ring (bicyclic) bond motifs is 3. The number of hydrogen-bond donors (Lipinski definition) is 1. The van der Waals surface area contributed by atoms with Crippen LogP contribution in [0, 0.1) is 0 Å². The molecule has 2 saturated heterocycles. The Morgan fingerprint density at radius 2 is 1.85 bits per heavy atom. The normalized spacial score (nSPS) is 28.7. The molecule has 2 bridgehead atoms. The van der Waals surface area contributed by atoms with Gasteiger partial charge in [0.1, 0.15) is 0 Å². The number of aliphatic hydroxyl groups is 1. The molecular weight excluding hydrogens is 324 g/mol. The molecule has 1 N–H and O–H groups in total. The van der Waals surface area contributed by atoms with Gasteiger partial charge < -0.3 is 9.67 Å². The predicted octanol–water partition coefficient (Wildman–Crippen LogP) is 2.99. The lowest BCUT2D eigenvalue weighted by Gasteiger charge is -2.44. The van der Waals surface area contributed by atoms with Crippen molar-refractivity contribution in [1.82, 2.24) is 19.4 Å². The lowest BCUT2D eigenvalue weighted by Crippen LogP contribution is -2.52. The van der Waals surface area contributed by atoms with E-state index in [2.05, 4.69) is 37.8 Å². The number of pyridine rings is 2. The molecule has 2 atom stereocenters. The maximum atomic E-state index is 11.4. The molecule has 3 aromatic rings. The van der Waals surface area contributed by atoms with Crippen molar-refractivity contribution >= 4 is 10.9 Å². The molecule has 5 rings (SSSR count). The average molecular weight is 348 g/mol. The Balaban J connectivity index is 1.35. The van der Waals surface area contributed by atoms with Gasteiger partial charge in [-0.15, -0.1) is 0 Å². The molecule has 3 aromatic heterocycles. The highest BCUT2D eigenvalue weighted by molar-refractivity contribution is 5.78. The van der Waals surface area contributed by atoms with Gasteiger partial charge in [0.2, 0.25) is 0 Å². The molecule has 2 fully saturated rings. The molecular formula is C21H24N4O. The number of hydrogen-bond acceptors (Lipinski definition) is 4. The summed E-state index contributed by atoms with van der Waals surface area (Å²) in [7, 11) is 0. The summed E-state index contributed by atoms with van der Waals surface area (Å²) in [5.41, 5.74) is 1.72. The predicted molar refractivity (Wildman–Crippen MR) is 101 cm³/mol. The van der Waals surface area contributed by atoms with Crippen molar-refractivity contribution in [2.24, 2.45) is 0 Å². The maximum Gasteiger partial charge on any atom is 0.0855 e. The van der Waals surface area contributed by atoms with Gasteiger partial charge in [-0.2, -0.15) is 0 Å². The minimum absolute atomic E-state index is 0.457. The van der Waals surface area contributed by atoms with Crippen LogP contribution in [0.5, 0.6) is 0 Å². The minimum Gasteiger partial charge on any atom is -0.388 e. The van der Waals surface area contributed by atoms with E-state index in [1.165, 1.54) is 23.8 Å². The van der Waals surface area contributed by atoms with E-state index < -0.39 is 5.60 Å². The maximum absolute atomic E-state index is 11.4. The highest BCUT2D eigenvalue weighted by atomic mass is 16.3. The van der Waals surface area contributed by atoms with Crippen LogP contribution in [0.25, 0.3) is 10.9 Å². The first kappa shape index (κ1) is 16.0. The summed E-state index contributed by atoms with van der Waals surface area (Å²) in [4.78, 5) is 11.1. The van der Waals surface area contributed by atoms with E-state index in [1.807, 2.05) is 36.9 Å². The van der Waals surface area contributed by atoms with Crippen molar-refractivity contribution in [3.63, 3.8) is 0 Å². The SMILES string of the molecule is OC1(Cn2ccc3ccncc32)CC2CCC(C1)N2Cc1cccnc1. The van der Waals surface area contributed by atoms with Crippen molar-refractivity contribution in [2.45, 2.75) is 56.5 Å². The summed E-state index contributed by atoms with van der Waals surface area (Å²) in [5.74, 6) is 0. The van der Waals surface area contributed by atoms with Gasteiger partial charge in [-0.25, -0.2) is 0 Å². The van der Waals surface area contributed by atoms with Crippen molar-refractivity contribution in [3.05, 3.63) is 60.8 Å². The van der Waals surface area contributed by atoms with Gasteiger partial charge in [0.05, 0.1) is 23.9 Å². The fourth-order valence-electron chi connectivity index (χ4n) is 4.99. The third kappa shape index (κ3) is 2.81. The number of rotatable bonds is 4. The number of nitrogens with zero attached hydrogens (tertiary/aromatic N) is 4. The van der Waals surface area contributed by atoms with Gasteiger partial charge in [0.25, 0.3) is 0 Å². The summed E-state index contributed by atoms with van der Waals surface area (Å²) in [5, 5.41) is 12.6. The van der Waals surface area contributed by atoms with Crippen LogP contribution in [0.3, 0.4) is 0 Å². The van der Waals surface area contributed by atoms with Crippen LogP contribution in [-0.2, 0) is 13.1 Å². The third-order valence-corrected chi connectivity index (χ3v) is 6.13. The molecule has 0 aromatic carbocycles. The smallest absolute Gasteiger partial charge is 0.0855 e. The van der Waals surface area contributed by atoms with Gasteiger partial charge in [-0.05, 0) is 49.4 Å². The molecule has 5 heteroatoms. The first-order chi connectivity index (χ1) is 12.7. The monoisotopic (exact) mass is 348 g/mol. The van der Waals surface area contributed by atoms with Crippen LogP contribution >= 0.6 is 0 Å². The van der Waals surface area contributed by atoms with Crippen LogP contribution < -0.4 is 0 Å². The molecule has 0 saturated carbocycles. The minimum atomic E-state index is -0.640. The highest BCUT2D eigenvalue weighted by Crippen LogP contribution is 2.42. The molecule has 2 unspecified atom stereocenters. The molecule has 0 radical (unpaired) electrons. The molecule has 0 aliphatic carbocycles. The average Bonchev–Trinajstić information content (AvgIpc) is 3.15. The molecule has 0 amide bonds. The summed E-state index contributed by atoms with van der Waals surface area (Å²) in [6, 6.07) is 9.19. The van der Waals surface area contributed by atoms with E-state index in [1.54, 1.807) is 0 Å². The lowest BCUT2D eigenvalue weighted by atomic mass is 9.85. The van der Waals surface area contributed by atoms with Gasteiger partial charge in [-0.1, -0.05) is 6.07 Å². The third-order valence-electron chi connectivity index (χ3n) is 6.13. The zero-order valence-corrected chi connectivity index (χ0v) is 14.8. The largest absolute Gasteiger partial charge is 0.388 e. The molecule has 134 valence electrons. The van der Waals surface area contributed by atoms with E-state index in [0.717, 1.165) is 24.9 Å². The molecule has 5 heterocycles. The van der Waals surface area contributed by atoms with Gasteiger partial charge in [0, 0.05) is 48.8 Å².